The Balaban J connectivity index is 2.02. The molecule has 0 bridgehead atoms. The number of thiophene rings is 1. The Morgan fingerprint density at radius 1 is 1.38 bits per heavy atom. The van der Waals surface area contributed by atoms with E-state index < -0.39 is 0 Å². The number of halogens is 1. The lowest BCUT2D eigenvalue weighted by Crippen LogP contribution is -2.13. The number of thiazole rings is 1. The van der Waals surface area contributed by atoms with Crippen LogP contribution in [0.5, 0.6) is 0 Å². The van der Waals surface area contributed by atoms with Crippen molar-refractivity contribution in [3.8, 4) is 10.6 Å². The molecule has 2 nitrogen and oxygen atoms in total. The van der Waals surface area contributed by atoms with E-state index in [4.69, 9.17) is 0 Å². The predicted octanol–water partition coefficient (Wildman–Crippen LogP) is 4.13. The third-order valence-electron chi connectivity index (χ3n) is 2.07. The van der Waals surface area contributed by atoms with Crippen molar-refractivity contribution in [3.63, 3.8) is 0 Å². The molecule has 0 atom stereocenters. The molecule has 0 spiro atoms. The summed E-state index contributed by atoms with van der Waals surface area (Å²) in [6, 6.07) is 2.11. The highest BCUT2D eigenvalue weighted by Gasteiger charge is 2.06. The molecule has 2 aromatic rings. The van der Waals surface area contributed by atoms with Crippen molar-refractivity contribution < 1.29 is 0 Å². The van der Waals surface area contributed by atoms with Gasteiger partial charge in [-0.25, -0.2) is 4.98 Å². The van der Waals surface area contributed by atoms with Crippen LogP contribution >= 0.6 is 38.6 Å². The largest absolute Gasteiger partial charge is 0.310 e. The fourth-order valence-corrected chi connectivity index (χ4v) is 3.55. The Bertz CT molecular complexity index is 450. The van der Waals surface area contributed by atoms with Crippen LogP contribution in [-0.4, -0.2) is 11.5 Å². The first-order chi connectivity index (χ1) is 7.79. The molecule has 0 radical (unpaired) electrons. The van der Waals surface area contributed by atoms with E-state index in [9.17, 15) is 0 Å². The molecule has 0 saturated carbocycles. The summed E-state index contributed by atoms with van der Waals surface area (Å²) < 4.78 is 1.13. The minimum Gasteiger partial charge on any atom is -0.310 e. The summed E-state index contributed by atoms with van der Waals surface area (Å²) in [4.78, 5) is 5.84. The van der Waals surface area contributed by atoms with Crippen LogP contribution in [0.1, 0.15) is 18.4 Å². The molecule has 0 aliphatic carbocycles. The molecule has 16 heavy (non-hydrogen) atoms. The van der Waals surface area contributed by atoms with Gasteiger partial charge in [-0.15, -0.1) is 22.7 Å². The summed E-state index contributed by atoms with van der Waals surface area (Å²) in [5.41, 5.74) is 1.09. The summed E-state index contributed by atoms with van der Waals surface area (Å²) in [7, 11) is 0. The fourth-order valence-electron chi connectivity index (χ4n) is 1.32. The average Bonchev–Trinajstić information content (AvgIpc) is 2.87. The number of rotatable bonds is 5. The van der Waals surface area contributed by atoms with Gasteiger partial charge in [0.05, 0.1) is 10.6 Å². The summed E-state index contributed by atoms with van der Waals surface area (Å²) in [6.07, 6.45) is 1.16. The van der Waals surface area contributed by atoms with Gasteiger partial charge < -0.3 is 5.32 Å². The zero-order chi connectivity index (χ0) is 11.4. The molecule has 2 aromatic heterocycles. The Hall–Kier alpha value is -0.230. The predicted molar refractivity (Wildman–Crippen MR) is 75.1 cm³/mol. The molecule has 0 amide bonds. The van der Waals surface area contributed by atoms with Gasteiger partial charge in [0.15, 0.2) is 0 Å². The average molecular weight is 317 g/mol. The van der Waals surface area contributed by atoms with E-state index in [2.05, 4.69) is 50.0 Å². The summed E-state index contributed by atoms with van der Waals surface area (Å²) in [5, 5.41) is 8.74. The molecular weight excluding hydrogens is 304 g/mol. The first-order valence-corrected chi connectivity index (χ1v) is 7.74. The molecular formula is C11H13BrN2S2. The SMILES string of the molecule is CCCNCc1nc(-c2cc(Br)cs2)cs1. The van der Waals surface area contributed by atoms with Crippen LogP contribution in [0.25, 0.3) is 10.6 Å². The molecule has 0 unspecified atom stereocenters. The van der Waals surface area contributed by atoms with Gasteiger partial charge in [0.1, 0.15) is 5.01 Å². The minimum atomic E-state index is 0.880. The third kappa shape index (κ3) is 3.13. The van der Waals surface area contributed by atoms with Gasteiger partial charge in [-0.05, 0) is 35.0 Å². The van der Waals surface area contributed by atoms with Crippen molar-refractivity contribution in [1.82, 2.24) is 10.3 Å². The van der Waals surface area contributed by atoms with Crippen molar-refractivity contribution in [2.24, 2.45) is 0 Å². The van der Waals surface area contributed by atoms with Gasteiger partial charge in [0, 0.05) is 21.8 Å². The second-order valence-corrected chi connectivity index (χ2v) is 6.20. The highest BCUT2D eigenvalue weighted by Crippen LogP contribution is 2.30. The maximum absolute atomic E-state index is 4.61. The van der Waals surface area contributed by atoms with Crippen LogP contribution in [0, 0.1) is 0 Å². The normalized spacial score (nSPS) is 10.9. The zero-order valence-corrected chi connectivity index (χ0v) is 12.2. The lowest BCUT2D eigenvalue weighted by Gasteiger charge is -1.97. The van der Waals surface area contributed by atoms with Crippen LogP contribution in [-0.2, 0) is 6.54 Å². The van der Waals surface area contributed by atoms with Gasteiger partial charge in [0.25, 0.3) is 0 Å². The summed E-state index contributed by atoms with van der Waals surface area (Å²) in [6.45, 7) is 4.11. The summed E-state index contributed by atoms with van der Waals surface area (Å²) >= 11 is 6.90. The number of hydrogen-bond acceptors (Lipinski definition) is 4. The molecule has 0 aromatic carbocycles. The van der Waals surface area contributed by atoms with Crippen molar-refractivity contribution in [2.75, 3.05) is 6.54 Å². The molecule has 86 valence electrons. The Morgan fingerprint density at radius 2 is 2.25 bits per heavy atom. The first-order valence-electron chi connectivity index (χ1n) is 5.19. The molecule has 0 fully saturated rings. The number of aromatic nitrogens is 1. The van der Waals surface area contributed by atoms with E-state index >= 15 is 0 Å². The van der Waals surface area contributed by atoms with Crippen molar-refractivity contribution in [2.45, 2.75) is 19.9 Å². The molecule has 0 aliphatic rings. The lowest BCUT2D eigenvalue weighted by molar-refractivity contribution is 0.673. The Morgan fingerprint density at radius 3 is 2.94 bits per heavy atom. The van der Waals surface area contributed by atoms with Crippen LogP contribution in [0.4, 0.5) is 0 Å². The lowest BCUT2D eigenvalue weighted by atomic mass is 10.4. The van der Waals surface area contributed by atoms with E-state index in [1.807, 2.05) is 0 Å². The molecule has 1 N–H and O–H groups in total. The Kier molecular flexibility index (Phi) is 4.52. The summed E-state index contributed by atoms with van der Waals surface area (Å²) in [5.74, 6) is 0. The first kappa shape index (κ1) is 12.2. The molecule has 0 aliphatic heterocycles. The topological polar surface area (TPSA) is 24.9 Å². The zero-order valence-electron chi connectivity index (χ0n) is 9.00. The van der Waals surface area contributed by atoms with E-state index in [1.54, 1.807) is 22.7 Å². The van der Waals surface area contributed by atoms with E-state index in [0.717, 1.165) is 34.7 Å². The van der Waals surface area contributed by atoms with Crippen LogP contribution in [0.2, 0.25) is 0 Å². The molecule has 5 heteroatoms. The van der Waals surface area contributed by atoms with Crippen molar-refractivity contribution >= 4 is 38.6 Å². The smallest absolute Gasteiger partial charge is 0.107 e. The maximum Gasteiger partial charge on any atom is 0.107 e. The molecule has 2 heterocycles. The molecule has 0 saturated heterocycles. The van der Waals surface area contributed by atoms with E-state index in [1.165, 1.54) is 4.88 Å². The minimum absolute atomic E-state index is 0.880. The standard InChI is InChI=1S/C11H13BrN2S2/c1-2-3-13-5-11-14-9(7-16-11)10-4-8(12)6-15-10/h4,6-7,13H,2-3,5H2,1H3. The quantitative estimate of drug-likeness (QED) is 0.839. The molecule has 2 rings (SSSR count). The van der Waals surface area contributed by atoms with Gasteiger partial charge in [0.2, 0.25) is 0 Å². The monoisotopic (exact) mass is 316 g/mol. The van der Waals surface area contributed by atoms with Gasteiger partial charge in [-0.1, -0.05) is 6.92 Å². The van der Waals surface area contributed by atoms with Crippen molar-refractivity contribution in [1.29, 1.82) is 0 Å². The van der Waals surface area contributed by atoms with Gasteiger partial charge >= 0.3 is 0 Å². The van der Waals surface area contributed by atoms with Crippen molar-refractivity contribution in [3.05, 3.63) is 26.3 Å². The number of nitrogens with zero attached hydrogens (tertiary/aromatic N) is 1. The number of nitrogens with one attached hydrogen (secondary N) is 1. The van der Waals surface area contributed by atoms with Gasteiger partial charge in [-0.2, -0.15) is 0 Å². The highest BCUT2D eigenvalue weighted by molar-refractivity contribution is 9.10. The van der Waals surface area contributed by atoms with Crippen LogP contribution < -0.4 is 5.32 Å². The van der Waals surface area contributed by atoms with E-state index in [-0.39, 0.29) is 0 Å². The number of hydrogen-bond donors (Lipinski definition) is 1. The fraction of sp³-hybridized carbons (Fsp3) is 0.364. The van der Waals surface area contributed by atoms with E-state index in [0.29, 0.717) is 0 Å². The Labute approximate surface area is 112 Å². The third-order valence-corrected chi connectivity index (χ3v) is 4.64. The van der Waals surface area contributed by atoms with Crippen LogP contribution in [0.3, 0.4) is 0 Å². The second kappa shape index (κ2) is 5.91. The second-order valence-electron chi connectivity index (χ2n) is 3.43. The maximum atomic E-state index is 4.61. The highest BCUT2D eigenvalue weighted by atomic mass is 79.9. The van der Waals surface area contributed by atoms with Crippen LogP contribution in [0.15, 0.2) is 21.3 Å². The van der Waals surface area contributed by atoms with Gasteiger partial charge in [-0.3, -0.25) is 0 Å².